The molecule has 1 atom stereocenters. The minimum Gasteiger partial charge on any atom is -0.324 e. The molecule has 0 bridgehead atoms. The maximum atomic E-state index is 5.88. The molecule has 1 saturated carbocycles. The lowest BCUT2D eigenvalue weighted by atomic mass is 9.82. The van der Waals surface area contributed by atoms with Crippen molar-refractivity contribution in [2.45, 2.75) is 58.4 Å². The molecule has 1 aliphatic carbocycles. The summed E-state index contributed by atoms with van der Waals surface area (Å²) >= 11 is 0. The molecular formula is C14H23N3. The van der Waals surface area contributed by atoms with Crippen LogP contribution in [0.3, 0.4) is 0 Å². The van der Waals surface area contributed by atoms with Gasteiger partial charge in [0, 0.05) is 29.4 Å². The van der Waals surface area contributed by atoms with Crippen molar-refractivity contribution in [3.8, 4) is 0 Å². The van der Waals surface area contributed by atoms with Crippen LogP contribution in [0.2, 0.25) is 0 Å². The number of hydrogen-bond acceptors (Lipinski definition) is 3. The SMILES string of the molecule is Cc1nc(C2CCC(C)CC2)ncc1C(C)N. The first-order valence-electron chi connectivity index (χ1n) is 6.67. The summed E-state index contributed by atoms with van der Waals surface area (Å²) in [7, 11) is 0. The van der Waals surface area contributed by atoms with E-state index in [1.54, 1.807) is 0 Å². The average Bonchev–Trinajstić information content (AvgIpc) is 2.29. The molecule has 94 valence electrons. The summed E-state index contributed by atoms with van der Waals surface area (Å²) in [6.07, 6.45) is 7.00. The van der Waals surface area contributed by atoms with E-state index in [9.17, 15) is 0 Å². The van der Waals surface area contributed by atoms with Crippen LogP contribution in [0, 0.1) is 12.8 Å². The van der Waals surface area contributed by atoms with Gasteiger partial charge in [-0.05, 0) is 32.6 Å². The summed E-state index contributed by atoms with van der Waals surface area (Å²) in [5.41, 5.74) is 7.99. The van der Waals surface area contributed by atoms with E-state index in [0.717, 1.165) is 23.0 Å². The molecule has 1 aliphatic rings. The molecule has 1 aromatic heterocycles. The number of nitrogens with zero attached hydrogens (tertiary/aromatic N) is 2. The number of aryl methyl sites for hydroxylation is 1. The number of rotatable bonds is 2. The minimum atomic E-state index is 0.0235. The van der Waals surface area contributed by atoms with Crippen LogP contribution in [0.15, 0.2) is 6.20 Å². The summed E-state index contributed by atoms with van der Waals surface area (Å²) in [6.45, 7) is 6.35. The summed E-state index contributed by atoms with van der Waals surface area (Å²) in [4.78, 5) is 9.17. The minimum absolute atomic E-state index is 0.0235. The van der Waals surface area contributed by atoms with Gasteiger partial charge in [0.1, 0.15) is 5.82 Å². The Morgan fingerprint density at radius 3 is 2.47 bits per heavy atom. The molecule has 1 heterocycles. The fraction of sp³-hybridized carbons (Fsp3) is 0.714. The smallest absolute Gasteiger partial charge is 0.131 e. The Morgan fingerprint density at radius 1 is 1.29 bits per heavy atom. The van der Waals surface area contributed by atoms with Gasteiger partial charge in [-0.15, -0.1) is 0 Å². The largest absolute Gasteiger partial charge is 0.324 e. The van der Waals surface area contributed by atoms with E-state index in [1.807, 2.05) is 20.0 Å². The van der Waals surface area contributed by atoms with Crippen LogP contribution in [-0.4, -0.2) is 9.97 Å². The van der Waals surface area contributed by atoms with Crippen LogP contribution in [0.25, 0.3) is 0 Å². The standard InChI is InChI=1S/C14H23N3/c1-9-4-6-12(7-5-9)14-16-8-13(10(2)15)11(3)17-14/h8-10,12H,4-7,15H2,1-3H3. The topological polar surface area (TPSA) is 51.8 Å². The van der Waals surface area contributed by atoms with Crippen molar-refractivity contribution in [2.24, 2.45) is 11.7 Å². The van der Waals surface area contributed by atoms with Crippen molar-refractivity contribution in [3.05, 3.63) is 23.3 Å². The van der Waals surface area contributed by atoms with Crippen LogP contribution < -0.4 is 5.73 Å². The second-order valence-electron chi connectivity index (χ2n) is 5.51. The normalized spacial score (nSPS) is 26.8. The first kappa shape index (κ1) is 12.5. The van der Waals surface area contributed by atoms with E-state index >= 15 is 0 Å². The van der Waals surface area contributed by atoms with Gasteiger partial charge in [0.05, 0.1) is 0 Å². The summed E-state index contributed by atoms with van der Waals surface area (Å²) in [6, 6.07) is 0.0235. The van der Waals surface area contributed by atoms with Gasteiger partial charge in [-0.2, -0.15) is 0 Å². The van der Waals surface area contributed by atoms with Crippen molar-refractivity contribution in [2.75, 3.05) is 0 Å². The van der Waals surface area contributed by atoms with E-state index in [-0.39, 0.29) is 6.04 Å². The second kappa shape index (κ2) is 5.13. The molecule has 0 spiro atoms. The molecular weight excluding hydrogens is 210 g/mol. The fourth-order valence-electron chi connectivity index (χ4n) is 2.66. The number of aromatic nitrogens is 2. The highest BCUT2D eigenvalue weighted by Crippen LogP contribution is 2.34. The average molecular weight is 233 g/mol. The Balaban J connectivity index is 2.14. The highest BCUT2D eigenvalue weighted by atomic mass is 14.9. The summed E-state index contributed by atoms with van der Waals surface area (Å²) < 4.78 is 0. The van der Waals surface area contributed by atoms with Gasteiger partial charge in [0.2, 0.25) is 0 Å². The predicted molar refractivity (Wildman–Crippen MR) is 69.7 cm³/mol. The molecule has 0 amide bonds. The molecule has 2 N–H and O–H groups in total. The Bertz CT molecular complexity index is 379. The summed E-state index contributed by atoms with van der Waals surface area (Å²) in [5.74, 6) is 2.46. The molecule has 3 nitrogen and oxygen atoms in total. The van der Waals surface area contributed by atoms with Gasteiger partial charge in [-0.1, -0.05) is 19.8 Å². The van der Waals surface area contributed by atoms with Crippen LogP contribution in [-0.2, 0) is 0 Å². The number of hydrogen-bond donors (Lipinski definition) is 1. The Morgan fingerprint density at radius 2 is 1.94 bits per heavy atom. The van der Waals surface area contributed by atoms with Crippen LogP contribution in [0.5, 0.6) is 0 Å². The lowest BCUT2D eigenvalue weighted by Gasteiger charge is -2.25. The molecule has 1 fully saturated rings. The first-order valence-corrected chi connectivity index (χ1v) is 6.67. The van der Waals surface area contributed by atoms with Gasteiger partial charge in [0.15, 0.2) is 0 Å². The highest BCUT2D eigenvalue weighted by molar-refractivity contribution is 5.20. The van der Waals surface area contributed by atoms with E-state index in [2.05, 4.69) is 16.9 Å². The molecule has 0 aliphatic heterocycles. The van der Waals surface area contributed by atoms with Gasteiger partial charge < -0.3 is 5.73 Å². The maximum Gasteiger partial charge on any atom is 0.131 e. The second-order valence-corrected chi connectivity index (χ2v) is 5.51. The molecule has 17 heavy (non-hydrogen) atoms. The van der Waals surface area contributed by atoms with Crippen molar-refractivity contribution in [1.82, 2.24) is 9.97 Å². The molecule has 1 aromatic rings. The molecule has 3 heteroatoms. The van der Waals surface area contributed by atoms with Crippen molar-refractivity contribution >= 4 is 0 Å². The highest BCUT2D eigenvalue weighted by Gasteiger charge is 2.22. The monoisotopic (exact) mass is 233 g/mol. The predicted octanol–water partition coefficient (Wildman–Crippen LogP) is 3.10. The van der Waals surface area contributed by atoms with Crippen molar-refractivity contribution < 1.29 is 0 Å². The van der Waals surface area contributed by atoms with Crippen LogP contribution in [0.4, 0.5) is 0 Å². The Labute approximate surface area is 104 Å². The van der Waals surface area contributed by atoms with Gasteiger partial charge in [-0.25, -0.2) is 9.97 Å². The fourth-order valence-corrected chi connectivity index (χ4v) is 2.66. The lowest BCUT2D eigenvalue weighted by molar-refractivity contribution is 0.339. The van der Waals surface area contributed by atoms with Gasteiger partial charge >= 0.3 is 0 Å². The third kappa shape index (κ3) is 2.83. The lowest BCUT2D eigenvalue weighted by Crippen LogP contribution is -2.16. The molecule has 0 radical (unpaired) electrons. The molecule has 2 rings (SSSR count). The maximum absolute atomic E-state index is 5.88. The van der Waals surface area contributed by atoms with Crippen LogP contribution in [0.1, 0.15) is 68.6 Å². The Kier molecular flexibility index (Phi) is 3.77. The van der Waals surface area contributed by atoms with Crippen LogP contribution >= 0.6 is 0 Å². The third-order valence-corrected chi connectivity index (χ3v) is 3.91. The van der Waals surface area contributed by atoms with Crippen molar-refractivity contribution in [1.29, 1.82) is 0 Å². The zero-order valence-corrected chi connectivity index (χ0v) is 11.1. The molecule has 0 aromatic carbocycles. The molecule has 0 saturated heterocycles. The summed E-state index contributed by atoms with van der Waals surface area (Å²) in [5, 5.41) is 0. The van der Waals surface area contributed by atoms with E-state index in [1.165, 1.54) is 25.7 Å². The van der Waals surface area contributed by atoms with E-state index < -0.39 is 0 Å². The zero-order valence-electron chi connectivity index (χ0n) is 11.1. The first-order chi connectivity index (χ1) is 8.08. The third-order valence-electron chi connectivity index (χ3n) is 3.91. The zero-order chi connectivity index (χ0) is 12.4. The van der Waals surface area contributed by atoms with E-state index in [4.69, 9.17) is 5.73 Å². The number of nitrogens with two attached hydrogens (primary N) is 1. The van der Waals surface area contributed by atoms with Gasteiger partial charge in [-0.3, -0.25) is 0 Å². The van der Waals surface area contributed by atoms with E-state index in [0.29, 0.717) is 5.92 Å². The Hall–Kier alpha value is -0.960. The quantitative estimate of drug-likeness (QED) is 0.854. The molecule has 1 unspecified atom stereocenters. The van der Waals surface area contributed by atoms with Crippen molar-refractivity contribution in [3.63, 3.8) is 0 Å². The van der Waals surface area contributed by atoms with Gasteiger partial charge in [0.25, 0.3) is 0 Å².